The highest BCUT2D eigenvalue weighted by molar-refractivity contribution is 6.00. The van der Waals surface area contributed by atoms with Gasteiger partial charge in [-0.15, -0.1) is 0 Å². The maximum absolute atomic E-state index is 13.4. The average molecular weight is 389 g/mol. The van der Waals surface area contributed by atoms with Crippen molar-refractivity contribution in [2.45, 2.75) is 25.1 Å². The van der Waals surface area contributed by atoms with Gasteiger partial charge < -0.3 is 4.74 Å². The molecule has 2 aromatic carbocycles. The summed E-state index contributed by atoms with van der Waals surface area (Å²) in [6.07, 6.45) is -5.34. The molecule has 1 fully saturated rings. The molecule has 1 saturated heterocycles. The molecule has 1 aliphatic rings. The molecule has 2 aromatic rings. The Labute approximate surface area is 160 Å². The lowest BCUT2D eigenvalue weighted by Gasteiger charge is -2.19. The number of hydrogen-bond acceptors (Lipinski definition) is 3. The summed E-state index contributed by atoms with van der Waals surface area (Å²) in [6, 6.07) is 16.5. The second kappa shape index (κ2) is 8.29. The number of benzene rings is 2. The van der Waals surface area contributed by atoms with Crippen LogP contribution in [0.4, 0.5) is 18.0 Å². The van der Waals surface area contributed by atoms with Crippen LogP contribution in [0.1, 0.15) is 23.6 Å². The first kappa shape index (κ1) is 19.7. The molecule has 0 bridgehead atoms. The van der Waals surface area contributed by atoms with Gasteiger partial charge in [-0.1, -0.05) is 60.7 Å². The number of nitrogens with zero attached hydrogens (tertiary/aromatic N) is 1. The number of imide groups is 1. The van der Waals surface area contributed by atoms with Gasteiger partial charge in [-0.2, -0.15) is 13.2 Å². The molecular formula is C21H18F3NO3. The van der Waals surface area contributed by atoms with E-state index in [0.717, 1.165) is 10.5 Å². The van der Waals surface area contributed by atoms with Gasteiger partial charge in [0.25, 0.3) is 5.91 Å². The summed E-state index contributed by atoms with van der Waals surface area (Å²) in [7, 11) is 0. The molecule has 0 unspecified atom stereocenters. The monoisotopic (exact) mass is 389 g/mol. The number of amides is 2. The molecule has 28 heavy (non-hydrogen) atoms. The largest absolute Gasteiger partial charge is 0.446 e. The van der Waals surface area contributed by atoms with E-state index in [1.54, 1.807) is 60.7 Å². The van der Waals surface area contributed by atoms with Gasteiger partial charge in [-0.05, 0) is 24.0 Å². The molecule has 1 heterocycles. The van der Waals surface area contributed by atoms with E-state index in [9.17, 15) is 22.8 Å². The summed E-state index contributed by atoms with van der Waals surface area (Å²) in [5, 5.41) is 0. The standard InChI is InChI=1S/C21H18F3NO3/c22-21(23,24)17(12-11-15-7-3-1-4-8-15)13-19(26)25-18(14-28-20(25)27)16-9-5-2-6-10-16/h1-10,13,18H,11-12,14H2/b17-13+/t18-/m1/s1. The van der Waals surface area contributed by atoms with Gasteiger partial charge in [0, 0.05) is 11.6 Å². The zero-order valence-electron chi connectivity index (χ0n) is 14.9. The number of cyclic esters (lactones) is 1. The van der Waals surface area contributed by atoms with Crippen LogP contribution in [0.3, 0.4) is 0 Å². The fraction of sp³-hybridized carbons (Fsp3) is 0.238. The SMILES string of the molecule is O=C(/C=C(\CCc1ccccc1)C(F)(F)F)N1C(=O)OC[C@@H]1c1ccccc1. The highest BCUT2D eigenvalue weighted by atomic mass is 19.4. The van der Waals surface area contributed by atoms with Crippen LogP contribution < -0.4 is 0 Å². The van der Waals surface area contributed by atoms with Crippen molar-refractivity contribution in [3.63, 3.8) is 0 Å². The second-order valence-corrected chi connectivity index (χ2v) is 6.36. The Morgan fingerprint density at radius 1 is 1.07 bits per heavy atom. The number of rotatable bonds is 5. The average Bonchev–Trinajstić information content (AvgIpc) is 3.07. The van der Waals surface area contributed by atoms with E-state index in [4.69, 9.17) is 4.74 Å². The van der Waals surface area contributed by atoms with Crippen molar-refractivity contribution in [2.24, 2.45) is 0 Å². The van der Waals surface area contributed by atoms with Crippen molar-refractivity contribution in [1.82, 2.24) is 4.90 Å². The molecule has 4 nitrogen and oxygen atoms in total. The lowest BCUT2D eigenvalue weighted by atomic mass is 10.0. The number of carbonyl (C=O) groups is 2. The zero-order chi connectivity index (χ0) is 20.1. The number of allylic oxidation sites excluding steroid dienone is 1. The van der Waals surface area contributed by atoms with Gasteiger partial charge in [0.15, 0.2) is 0 Å². The molecule has 7 heteroatoms. The topological polar surface area (TPSA) is 46.6 Å². The minimum atomic E-state index is -4.67. The number of alkyl halides is 3. The summed E-state index contributed by atoms with van der Waals surface area (Å²) in [5.41, 5.74) is 0.369. The minimum Gasteiger partial charge on any atom is -0.446 e. The molecule has 1 aliphatic heterocycles. The lowest BCUT2D eigenvalue weighted by Crippen LogP contribution is -2.33. The highest BCUT2D eigenvalue weighted by Crippen LogP contribution is 2.32. The molecule has 0 spiro atoms. The summed E-state index contributed by atoms with van der Waals surface area (Å²) in [5.74, 6) is -1.03. The molecule has 0 N–H and O–H groups in total. The molecule has 146 valence electrons. The van der Waals surface area contributed by atoms with Crippen molar-refractivity contribution in [2.75, 3.05) is 6.61 Å². The Morgan fingerprint density at radius 2 is 1.68 bits per heavy atom. The Balaban J connectivity index is 1.82. The van der Waals surface area contributed by atoms with Crippen molar-refractivity contribution < 1.29 is 27.5 Å². The second-order valence-electron chi connectivity index (χ2n) is 6.36. The molecule has 3 rings (SSSR count). The number of halogens is 3. The van der Waals surface area contributed by atoms with Crippen LogP contribution in [0, 0.1) is 0 Å². The van der Waals surface area contributed by atoms with Crippen molar-refractivity contribution >= 4 is 12.0 Å². The molecule has 0 aromatic heterocycles. The Bertz CT molecular complexity index is 863. The van der Waals surface area contributed by atoms with Crippen LogP contribution in [0.25, 0.3) is 0 Å². The molecule has 2 amide bonds. The molecule has 0 saturated carbocycles. The maximum Gasteiger partial charge on any atom is 0.417 e. The van der Waals surface area contributed by atoms with Crippen LogP contribution in [-0.4, -0.2) is 29.7 Å². The van der Waals surface area contributed by atoms with Crippen LogP contribution in [0.2, 0.25) is 0 Å². The van der Waals surface area contributed by atoms with E-state index in [-0.39, 0.29) is 19.4 Å². The normalized spacial score (nSPS) is 17.5. The van der Waals surface area contributed by atoms with Crippen LogP contribution in [-0.2, 0) is 16.0 Å². The molecule has 1 atom stereocenters. The third-order valence-electron chi connectivity index (χ3n) is 4.48. The molecular weight excluding hydrogens is 371 g/mol. The third kappa shape index (κ3) is 4.60. The summed E-state index contributed by atoms with van der Waals surface area (Å²) >= 11 is 0. The predicted octanol–water partition coefficient (Wildman–Crippen LogP) is 4.83. The number of hydrogen-bond donors (Lipinski definition) is 0. The Kier molecular flexibility index (Phi) is 5.82. The summed E-state index contributed by atoms with van der Waals surface area (Å²) in [4.78, 5) is 25.3. The molecule has 0 radical (unpaired) electrons. The van der Waals surface area contributed by atoms with Gasteiger partial charge in [-0.25, -0.2) is 9.69 Å². The number of ether oxygens (including phenoxy) is 1. The lowest BCUT2D eigenvalue weighted by molar-refractivity contribution is -0.125. The van der Waals surface area contributed by atoms with E-state index in [1.807, 2.05) is 0 Å². The predicted molar refractivity (Wildman–Crippen MR) is 96.3 cm³/mol. The van der Waals surface area contributed by atoms with Crippen LogP contribution in [0.15, 0.2) is 72.3 Å². The fourth-order valence-corrected chi connectivity index (χ4v) is 3.02. The quantitative estimate of drug-likeness (QED) is 0.689. The van der Waals surface area contributed by atoms with Crippen LogP contribution in [0.5, 0.6) is 0 Å². The van der Waals surface area contributed by atoms with Gasteiger partial charge in [0.2, 0.25) is 0 Å². The van der Waals surface area contributed by atoms with E-state index in [0.29, 0.717) is 11.6 Å². The molecule has 0 aliphatic carbocycles. The van der Waals surface area contributed by atoms with E-state index < -0.39 is 29.8 Å². The van der Waals surface area contributed by atoms with Gasteiger partial charge >= 0.3 is 12.3 Å². The number of carbonyl (C=O) groups excluding carboxylic acids is 2. The summed E-state index contributed by atoms with van der Waals surface area (Å²) in [6.45, 7) is -0.0895. The van der Waals surface area contributed by atoms with Gasteiger partial charge in [-0.3, -0.25) is 4.79 Å². The van der Waals surface area contributed by atoms with Crippen molar-refractivity contribution in [3.05, 3.63) is 83.4 Å². The first-order valence-electron chi connectivity index (χ1n) is 8.73. The van der Waals surface area contributed by atoms with E-state index in [1.165, 1.54) is 0 Å². The van der Waals surface area contributed by atoms with Gasteiger partial charge in [0.05, 0.1) is 0 Å². The van der Waals surface area contributed by atoms with E-state index in [2.05, 4.69) is 0 Å². The zero-order valence-corrected chi connectivity index (χ0v) is 14.9. The third-order valence-corrected chi connectivity index (χ3v) is 4.48. The smallest absolute Gasteiger partial charge is 0.417 e. The van der Waals surface area contributed by atoms with Crippen molar-refractivity contribution in [3.8, 4) is 0 Å². The fourth-order valence-electron chi connectivity index (χ4n) is 3.02. The van der Waals surface area contributed by atoms with Gasteiger partial charge in [0.1, 0.15) is 12.6 Å². The summed E-state index contributed by atoms with van der Waals surface area (Å²) < 4.78 is 45.2. The number of aryl methyl sites for hydroxylation is 1. The van der Waals surface area contributed by atoms with Crippen molar-refractivity contribution in [1.29, 1.82) is 0 Å². The maximum atomic E-state index is 13.4. The Hall–Kier alpha value is -3.09. The first-order valence-corrected chi connectivity index (χ1v) is 8.73. The van der Waals surface area contributed by atoms with E-state index >= 15 is 0 Å². The van der Waals surface area contributed by atoms with Crippen LogP contribution >= 0.6 is 0 Å². The first-order chi connectivity index (χ1) is 13.4. The Morgan fingerprint density at radius 3 is 2.29 bits per heavy atom. The highest BCUT2D eigenvalue weighted by Gasteiger charge is 2.40. The minimum absolute atomic E-state index is 0.0895.